The van der Waals surface area contributed by atoms with E-state index in [-0.39, 0.29) is 29.5 Å². The van der Waals surface area contributed by atoms with Gasteiger partial charge in [-0.1, -0.05) is 24.3 Å². The zero-order chi connectivity index (χ0) is 38.5. The molecule has 2 amide bonds. The number of rotatable bonds is 13. The molecule has 0 unspecified atom stereocenters. The van der Waals surface area contributed by atoms with Crippen molar-refractivity contribution in [2.45, 2.75) is 50.0 Å². The van der Waals surface area contributed by atoms with Gasteiger partial charge in [-0.05, 0) is 73.5 Å². The molecule has 6 N–H and O–H groups in total. The number of hydrogen-bond acceptors (Lipinski definition) is 10. The number of anilines is 2. The standard InChI is InChI=1S/C36H39F4N9O5/c37-35(38,36(39,40)33(52)53)32-46-29(47-48-32)24-9-11-27(12-10-24)44-31(51)28(45-30(50)25-7-3-22(18-41)4-8-25)17-21-1-5-23(6-2-21)26-19-42-34(43-20-26)49-13-15-54-16-14-49/h1-2,5-6,9-12,19-20,22,25,28H,3-4,7-8,13-18,41H2,(H,44,51)(H,45,50)(H,52,53)(H,46,47,48)/t22?,25?,28-/m0/s1. The van der Waals surface area contributed by atoms with Crippen LogP contribution in [0.15, 0.2) is 60.9 Å². The minimum absolute atomic E-state index is 0.115. The Morgan fingerprint density at radius 1 is 0.926 bits per heavy atom. The number of nitrogens with zero attached hydrogens (tertiary/aromatic N) is 5. The van der Waals surface area contributed by atoms with Gasteiger partial charge in [0.1, 0.15) is 6.04 Å². The van der Waals surface area contributed by atoms with Crippen molar-refractivity contribution >= 4 is 29.4 Å². The van der Waals surface area contributed by atoms with Crippen LogP contribution in [0.5, 0.6) is 0 Å². The lowest BCUT2D eigenvalue weighted by atomic mass is 9.81. The van der Waals surface area contributed by atoms with Crippen molar-refractivity contribution in [3.05, 3.63) is 72.3 Å². The molecule has 286 valence electrons. The molecule has 1 saturated carbocycles. The van der Waals surface area contributed by atoms with Gasteiger partial charge in [0.25, 0.3) is 0 Å². The summed E-state index contributed by atoms with van der Waals surface area (Å²) in [4.78, 5) is 52.3. The van der Waals surface area contributed by atoms with Crippen molar-refractivity contribution < 1.29 is 41.8 Å². The maximum Gasteiger partial charge on any atom is 0.411 e. The number of alkyl halides is 4. The van der Waals surface area contributed by atoms with Crippen LogP contribution in [-0.2, 0) is 31.5 Å². The van der Waals surface area contributed by atoms with Gasteiger partial charge in [0.2, 0.25) is 23.6 Å². The zero-order valence-electron chi connectivity index (χ0n) is 29.0. The van der Waals surface area contributed by atoms with Crippen molar-refractivity contribution in [3.8, 4) is 22.5 Å². The van der Waals surface area contributed by atoms with Crippen molar-refractivity contribution in [1.82, 2.24) is 30.5 Å². The largest absolute Gasteiger partial charge is 0.477 e. The van der Waals surface area contributed by atoms with Crippen LogP contribution in [0, 0.1) is 11.8 Å². The Kier molecular flexibility index (Phi) is 11.5. The van der Waals surface area contributed by atoms with Gasteiger partial charge >= 0.3 is 17.8 Å². The van der Waals surface area contributed by atoms with Crippen LogP contribution in [0.25, 0.3) is 22.5 Å². The molecule has 2 aromatic carbocycles. The van der Waals surface area contributed by atoms with Gasteiger partial charge in [0, 0.05) is 54.6 Å². The van der Waals surface area contributed by atoms with Gasteiger partial charge in [-0.3, -0.25) is 14.7 Å². The van der Waals surface area contributed by atoms with Gasteiger partial charge < -0.3 is 31.1 Å². The fourth-order valence-electron chi connectivity index (χ4n) is 6.37. The number of aromatic nitrogens is 5. The third-order valence-electron chi connectivity index (χ3n) is 9.70. The third kappa shape index (κ3) is 8.49. The minimum atomic E-state index is -5.43. The number of nitrogens with two attached hydrogens (primary N) is 1. The fraction of sp³-hybridized carbons (Fsp3) is 0.417. The Hall–Kier alpha value is -5.49. The average molecular weight is 754 g/mol. The van der Waals surface area contributed by atoms with Crippen LogP contribution >= 0.6 is 0 Å². The highest BCUT2D eigenvalue weighted by atomic mass is 19.3. The highest BCUT2D eigenvalue weighted by molar-refractivity contribution is 5.97. The van der Waals surface area contributed by atoms with Gasteiger partial charge in [-0.2, -0.15) is 22.7 Å². The van der Waals surface area contributed by atoms with E-state index in [0.717, 1.165) is 42.6 Å². The SMILES string of the molecule is NCC1CCC(C(=O)N[C@@H](Cc2ccc(-c3cnc(N4CCOCC4)nc3)cc2)C(=O)Nc2ccc(-c3n[nH]c(C(F)(F)C(F)(F)C(=O)O)n3)cc2)CC1. The van der Waals surface area contributed by atoms with Gasteiger partial charge in [-0.25, -0.2) is 19.7 Å². The smallest absolute Gasteiger partial charge is 0.411 e. The molecule has 0 radical (unpaired) electrons. The highest BCUT2D eigenvalue weighted by Gasteiger charge is 2.65. The van der Waals surface area contributed by atoms with Crippen LogP contribution in [0.4, 0.5) is 29.2 Å². The molecular weight excluding hydrogens is 714 g/mol. The summed E-state index contributed by atoms with van der Waals surface area (Å²) in [5.41, 5.74) is 8.67. The van der Waals surface area contributed by atoms with E-state index in [4.69, 9.17) is 15.6 Å². The number of carbonyl (C=O) groups is 3. The number of carboxylic acid groups (broad SMARTS) is 1. The second-order valence-electron chi connectivity index (χ2n) is 13.3. The first-order chi connectivity index (χ1) is 25.8. The third-order valence-corrected chi connectivity index (χ3v) is 9.70. The number of carboxylic acids is 1. The van der Waals surface area contributed by atoms with Crippen LogP contribution in [0.2, 0.25) is 0 Å². The van der Waals surface area contributed by atoms with E-state index in [1.54, 1.807) is 17.5 Å². The van der Waals surface area contributed by atoms with Crippen LogP contribution in [-0.4, -0.2) is 92.9 Å². The summed E-state index contributed by atoms with van der Waals surface area (Å²) in [6.07, 6.45) is 6.63. The van der Waals surface area contributed by atoms with Crippen molar-refractivity contribution in [2.75, 3.05) is 43.1 Å². The summed E-state index contributed by atoms with van der Waals surface area (Å²) >= 11 is 0. The molecule has 54 heavy (non-hydrogen) atoms. The van der Waals surface area contributed by atoms with Crippen molar-refractivity contribution in [3.63, 3.8) is 0 Å². The molecule has 1 aliphatic heterocycles. The van der Waals surface area contributed by atoms with Gasteiger partial charge in [0.05, 0.1) is 13.2 Å². The predicted octanol–water partition coefficient (Wildman–Crippen LogP) is 4.01. The maximum absolute atomic E-state index is 14.2. The Bertz CT molecular complexity index is 1910. The highest BCUT2D eigenvalue weighted by Crippen LogP contribution is 2.42. The molecule has 2 aliphatic rings. The number of H-pyrrole nitrogens is 1. The minimum Gasteiger partial charge on any atom is -0.477 e. The number of morpholine rings is 1. The van der Waals surface area contributed by atoms with Crippen LogP contribution in [0.3, 0.4) is 0 Å². The molecule has 18 heteroatoms. The summed E-state index contributed by atoms with van der Waals surface area (Å²) in [7, 11) is 0. The summed E-state index contributed by atoms with van der Waals surface area (Å²) in [5, 5.41) is 19.5. The number of amides is 2. The molecule has 1 atom stereocenters. The fourth-order valence-corrected chi connectivity index (χ4v) is 6.37. The Balaban J connectivity index is 1.14. The number of benzene rings is 2. The molecule has 2 aromatic heterocycles. The number of nitrogens with one attached hydrogen (secondary N) is 3. The molecule has 0 bridgehead atoms. The normalized spacial score (nSPS) is 18.5. The second kappa shape index (κ2) is 16.3. The van der Waals surface area contributed by atoms with E-state index in [1.807, 2.05) is 24.3 Å². The average Bonchev–Trinajstić information content (AvgIpc) is 3.70. The maximum atomic E-state index is 14.2. The first-order valence-corrected chi connectivity index (χ1v) is 17.4. The number of ether oxygens (including phenoxy) is 1. The van der Waals surface area contributed by atoms with Gasteiger partial charge in [0.15, 0.2) is 5.82 Å². The van der Waals surface area contributed by atoms with E-state index in [0.29, 0.717) is 44.5 Å². The molecule has 1 saturated heterocycles. The molecule has 3 heterocycles. The summed E-state index contributed by atoms with van der Waals surface area (Å²) in [6, 6.07) is 12.1. The lowest BCUT2D eigenvalue weighted by Gasteiger charge is -2.28. The van der Waals surface area contributed by atoms with E-state index >= 15 is 0 Å². The molecule has 0 spiro atoms. The summed E-state index contributed by atoms with van der Waals surface area (Å²) in [5.74, 6) is -15.7. The predicted molar refractivity (Wildman–Crippen MR) is 188 cm³/mol. The number of carbonyl (C=O) groups excluding carboxylic acids is 2. The molecule has 1 aliphatic carbocycles. The van der Waals surface area contributed by atoms with E-state index in [1.165, 1.54) is 24.3 Å². The Morgan fingerprint density at radius 2 is 1.56 bits per heavy atom. The zero-order valence-corrected chi connectivity index (χ0v) is 29.0. The van der Waals surface area contributed by atoms with Crippen LogP contribution < -0.4 is 21.3 Å². The molecule has 2 fully saturated rings. The summed E-state index contributed by atoms with van der Waals surface area (Å²) < 4.78 is 61.1. The monoisotopic (exact) mass is 753 g/mol. The topological polar surface area (TPSA) is 201 Å². The first kappa shape index (κ1) is 38.2. The van der Waals surface area contributed by atoms with Crippen LogP contribution in [0.1, 0.15) is 37.1 Å². The van der Waals surface area contributed by atoms with Gasteiger partial charge in [-0.15, -0.1) is 0 Å². The number of aromatic amines is 1. The lowest BCUT2D eigenvalue weighted by Crippen LogP contribution is -2.48. The lowest BCUT2D eigenvalue weighted by molar-refractivity contribution is -0.231. The number of halogens is 4. The second-order valence-corrected chi connectivity index (χ2v) is 13.3. The van der Waals surface area contributed by atoms with E-state index < -0.39 is 41.4 Å². The Labute approximate surface area is 306 Å². The van der Waals surface area contributed by atoms with E-state index in [2.05, 4.69) is 35.6 Å². The Morgan fingerprint density at radius 3 is 2.17 bits per heavy atom. The molecular formula is C36H39F4N9O5. The van der Waals surface area contributed by atoms with Crippen molar-refractivity contribution in [1.29, 1.82) is 0 Å². The molecule has 14 nitrogen and oxygen atoms in total. The van der Waals surface area contributed by atoms with E-state index in [9.17, 15) is 31.9 Å². The molecule has 6 rings (SSSR count). The van der Waals surface area contributed by atoms with Crippen molar-refractivity contribution in [2.24, 2.45) is 17.6 Å². The first-order valence-electron chi connectivity index (χ1n) is 17.4. The number of aliphatic carboxylic acids is 1. The number of hydrogen-bond donors (Lipinski definition) is 5. The molecule has 4 aromatic rings. The quantitative estimate of drug-likeness (QED) is 0.124. The summed E-state index contributed by atoms with van der Waals surface area (Å²) in [6.45, 7) is 3.24.